The first kappa shape index (κ1) is 24.4. The average Bonchev–Trinajstić information content (AvgIpc) is 3.20. The minimum absolute atomic E-state index is 0.00471. The van der Waals surface area contributed by atoms with Crippen LogP contribution >= 0.6 is 0 Å². The van der Waals surface area contributed by atoms with Gasteiger partial charge in [0.15, 0.2) is 5.65 Å². The van der Waals surface area contributed by atoms with Crippen molar-refractivity contribution in [1.29, 1.82) is 5.26 Å². The number of piperazine rings is 1. The molecule has 11 heteroatoms. The molecule has 3 aromatic rings. The summed E-state index contributed by atoms with van der Waals surface area (Å²) in [7, 11) is 0. The van der Waals surface area contributed by atoms with E-state index in [0.717, 1.165) is 6.20 Å². The van der Waals surface area contributed by atoms with Crippen molar-refractivity contribution in [2.24, 2.45) is 5.41 Å². The zero-order valence-corrected chi connectivity index (χ0v) is 20.1. The summed E-state index contributed by atoms with van der Waals surface area (Å²) >= 11 is 0. The molecular weight excluding hydrogens is 459 g/mol. The molecule has 1 aliphatic rings. The van der Waals surface area contributed by atoms with Gasteiger partial charge in [-0.2, -0.15) is 18.4 Å². The van der Waals surface area contributed by atoms with Gasteiger partial charge in [0.25, 0.3) is 0 Å². The molecule has 1 saturated heterocycles. The number of carbonyl (C=O) groups excluding carboxylic acids is 1. The summed E-state index contributed by atoms with van der Waals surface area (Å²) in [5.41, 5.74) is -1.15. The van der Waals surface area contributed by atoms with Gasteiger partial charge < -0.3 is 9.80 Å². The fourth-order valence-corrected chi connectivity index (χ4v) is 4.41. The van der Waals surface area contributed by atoms with Crippen molar-refractivity contribution in [1.82, 2.24) is 24.4 Å². The van der Waals surface area contributed by atoms with Crippen LogP contribution in [0.15, 0.2) is 30.9 Å². The van der Waals surface area contributed by atoms with Crippen molar-refractivity contribution >= 4 is 22.8 Å². The number of aromatic nitrogens is 4. The number of hydrogen-bond donors (Lipinski definition) is 0. The summed E-state index contributed by atoms with van der Waals surface area (Å²) in [4.78, 5) is 29.1. The Hall–Kier alpha value is -3.68. The third kappa shape index (κ3) is 4.40. The van der Waals surface area contributed by atoms with Crippen LogP contribution in [0.5, 0.6) is 0 Å². The molecule has 0 aromatic carbocycles. The van der Waals surface area contributed by atoms with Crippen LogP contribution in [0.4, 0.5) is 19.0 Å². The van der Waals surface area contributed by atoms with Crippen LogP contribution in [0.2, 0.25) is 0 Å². The minimum atomic E-state index is -4.67. The lowest BCUT2D eigenvalue weighted by Crippen LogP contribution is -2.60. The van der Waals surface area contributed by atoms with Gasteiger partial charge in [-0.3, -0.25) is 9.36 Å². The van der Waals surface area contributed by atoms with Crippen LogP contribution in [0.25, 0.3) is 16.9 Å². The second kappa shape index (κ2) is 8.52. The Morgan fingerprint density at radius 2 is 1.83 bits per heavy atom. The Morgan fingerprint density at radius 3 is 2.46 bits per heavy atom. The zero-order chi connectivity index (χ0) is 25.7. The number of hydrogen-bond acceptors (Lipinski definition) is 6. The van der Waals surface area contributed by atoms with Gasteiger partial charge in [0.05, 0.1) is 22.6 Å². The molecule has 1 aliphatic heterocycles. The molecule has 4 heterocycles. The van der Waals surface area contributed by atoms with Crippen LogP contribution in [0.3, 0.4) is 0 Å². The van der Waals surface area contributed by atoms with Gasteiger partial charge in [0.2, 0.25) is 5.91 Å². The average molecular weight is 486 g/mol. The second-order valence-electron chi connectivity index (χ2n) is 9.88. The third-order valence-electron chi connectivity index (χ3n) is 6.15. The van der Waals surface area contributed by atoms with E-state index in [2.05, 4.69) is 15.0 Å². The first-order chi connectivity index (χ1) is 16.3. The maximum atomic E-state index is 14.2. The van der Waals surface area contributed by atoms with E-state index in [-0.39, 0.29) is 46.2 Å². The molecule has 2 atom stereocenters. The van der Waals surface area contributed by atoms with E-state index in [9.17, 15) is 23.2 Å². The minimum Gasteiger partial charge on any atom is -0.349 e. The van der Waals surface area contributed by atoms with E-state index in [1.54, 1.807) is 9.80 Å². The molecule has 35 heavy (non-hydrogen) atoms. The molecule has 0 unspecified atom stereocenters. The molecule has 0 spiro atoms. The number of amides is 1. The highest BCUT2D eigenvalue weighted by Gasteiger charge is 2.41. The lowest BCUT2D eigenvalue weighted by molar-refractivity contribution is -0.142. The number of fused-ring (bicyclic) bond motifs is 1. The predicted molar refractivity (Wildman–Crippen MR) is 124 cm³/mol. The number of rotatable bonds is 2. The van der Waals surface area contributed by atoms with Crippen molar-refractivity contribution in [2.75, 3.05) is 18.0 Å². The van der Waals surface area contributed by atoms with Crippen molar-refractivity contribution in [3.8, 4) is 11.9 Å². The van der Waals surface area contributed by atoms with Crippen LogP contribution < -0.4 is 4.90 Å². The highest BCUT2D eigenvalue weighted by atomic mass is 19.4. The molecule has 0 bridgehead atoms. The molecular formula is C24H26F3N7O. The van der Waals surface area contributed by atoms with Crippen LogP contribution in [-0.2, 0) is 11.0 Å². The number of nitrogens with zero attached hydrogens (tertiary/aromatic N) is 7. The Morgan fingerprint density at radius 1 is 1.11 bits per heavy atom. The van der Waals surface area contributed by atoms with Gasteiger partial charge >= 0.3 is 6.18 Å². The van der Waals surface area contributed by atoms with Crippen LogP contribution in [0, 0.1) is 16.7 Å². The van der Waals surface area contributed by atoms with Crippen LogP contribution in [0.1, 0.15) is 45.7 Å². The molecule has 184 valence electrons. The SMILES string of the molecule is C[C@@H]1CN(c2ncnc3c2c(C(F)(F)F)cn3-c2cc(C#N)ccn2)[C@@H](C)CN1C(=O)C(C)(C)C. The summed E-state index contributed by atoms with van der Waals surface area (Å²) in [6.07, 6.45) is -1.13. The first-order valence-corrected chi connectivity index (χ1v) is 11.2. The lowest BCUT2D eigenvalue weighted by atomic mass is 9.92. The fourth-order valence-electron chi connectivity index (χ4n) is 4.41. The molecule has 8 nitrogen and oxygen atoms in total. The molecule has 3 aromatic heterocycles. The molecule has 0 N–H and O–H groups in total. The van der Waals surface area contributed by atoms with Crippen molar-refractivity contribution in [3.05, 3.63) is 42.0 Å². The second-order valence-corrected chi connectivity index (χ2v) is 9.88. The maximum absolute atomic E-state index is 14.2. The highest BCUT2D eigenvalue weighted by Crippen LogP contribution is 2.41. The predicted octanol–water partition coefficient (Wildman–Crippen LogP) is 4.18. The summed E-state index contributed by atoms with van der Waals surface area (Å²) in [6, 6.07) is 4.34. The third-order valence-corrected chi connectivity index (χ3v) is 6.15. The van der Waals surface area contributed by atoms with E-state index >= 15 is 0 Å². The zero-order valence-electron chi connectivity index (χ0n) is 20.1. The lowest BCUT2D eigenvalue weighted by Gasteiger charge is -2.46. The number of halogens is 3. The normalized spacial score (nSPS) is 19.2. The quantitative estimate of drug-likeness (QED) is 0.541. The van der Waals surface area contributed by atoms with Gasteiger partial charge in [0, 0.05) is 43.0 Å². The summed E-state index contributed by atoms with van der Waals surface area (Å²) in [5, 5.41) is 9.07. The first-order valence-electron chi connectivity index (χ1n) is 11.2. The van der Waals surface area contributed by atoms with Crippen molar-refractivity contribution < 1.29 is 18.0 Å². The summed E-state index contributed by atoms with van der Waals surface area (Å²) in [6.45, 7) is 9.97. The Bertz CT molecular complexity index is 1320. The summed E-state index contributed by atoms with van der Waals surface area (Å²) in [5.74, 6) is 0.297. The Kier molecular flexibility index (Phi) is 5.95. The molecule has 4 rings (SSSR count). The van der Waals surface area contributed by atoms with Gasteiger partial charge in [-0.15, -0.1) is 0 Å². The number of nitriles is 1. The fraction of sp³-hybridized carbons (Fsp3) is 0.458. The van der Waals surface area contributed by atoms with Gasteiger partial charge in [-0.1, -0.05) is 20.8 Å². The molecule has 1 amide bonds. The van der Waals surface area contributed by atoms with Gasteiger partial charge in [-0.25, -0.2) is 15.0 Å². The van der Waals surface area contributed by atoms with E-state index in [0.29, 0.717) is 13.1 Å². The molecule has 1 fully saturated rings. The topological polar surface area (TPSA) is 90.9 Å². The van der Waals surface area contributed by atoms with E-state index in [4.69, 9.17) is 0 Å². The smallest absolute Gasteiger partial charge is 0.349 e. The number of pyridine rings is 1. The van der Waals surface area contributed by atoms with Gasteiger partial charge in [0.1, 0.15) is 18.0 Å². The number of anilines is 1. The monoisotopic (exact) mass is 485 g/mol. The van der Waals surface area contributed by atoms with E-state index in [1.807, 2.05) is 40.7 Å². The highest BCUT2D eigenvalue weighted by molar-refractivity contribution is 5.93. The van der Waals surface area contributed by atoms with Gasteiger partial charge in [-0.05, 0) is 26.0 Å². The summed E-state index contributed by atoms with van der Waals surface area (Å²) < 4.78 is 43.8. The van der Waals surface area contributed by atoms with Crippen LogP contribution in [-0.4, -0.2) is 55.5 Å². The standard InChI is InChI=1S/C24H26F3N7O/c1-14-11-33(22(35)23(3,4)5)15(2)10-32(14)20-19-17(24(25,26)27)12-34(21(19)31-13-30-20)18-8-16(9-28)6-7-29-18/h6-8,12-15H,10-11H2,1-5H3/t14-,15+/m0/s1. The molecule has 0 saturated carbocycles. The molecule has 0 radical (unpaired) electrons. The number of carbonyl (C=O) groups is 1. The van der Waals surface area contributed by atoms with Crippen molar-refractivity contribution in [3.63, 3.8) is 0 Å². The number of alkyl halides is 3. The Balaban J connectivity index is 1.85. The van der Waals surface area contributed by atoms with E-state index in [1.165, 1.54) is 29.2 Å². The van der Waals surface area contributed by atoms with Crippen molar-refractivity contribution in [2.45, 2.75) is 52.9 Å². The van der Waals surface area contributed by atoms with E-state index < -0.39 is 17.2 Å². The molecule has 0 aliphatic carbocycles. The maximum Gasteiger partial charge on any atom is 0.418 e. The largest absolute Gasteiger partial charge is 0.418 e. The Labute approximate surface area is 201 Å².